The first kappa shape index (κ1) is 33.8. The van der Waals surface area contributed by atoms with Crippen molar-refractivity contribution in [2.75, 3.05) is 49.2 Å². The van der Waals surface area contributed by atoms with Gasteiger partial charge < -0.3 is 24.0 Å². The number of anilines is 2. The van der Waals surface area contributed by atoms with E-state index in [9.17, 15) is 9.59 Å². The van der Waals surface area contributed by atoms with Gasteiger partial charge in [0.2, 0.25) is 5.79 Å². The highest BCUT2D eigenvalue weighted by molar-refractivity contribution is 6.35. The van der Waals surface area contributed by atoms with E-state index < -0.39 is 11.8 Å². The maximum Gasteiger partial charge on any atom is 0.351 e. The van der Waals surface area contributed by atoms with Gasteiger partial charge in [0.25, 0.3) is 0 Å². The molecule has 4 heterocycles. The topological polar surface area (TPSA) is 122 Å². The molecule has 0 aliphatic carbocycles. The van der Waals surface area contributed by atoms with Crippen LogP contribution in [0.15, 0.2) is 90.5 Å². The highest BCUT2D eigenvalue weighted by Crippen LogP contribution is 2.40. The molecule has 0 N–H and O–H groups in total. The van der Waals surface area contributed by atoms with E-state index in [0.717, 1.165) is 43.3 Å². The number of halogens is 2. The van der Waals surface area contributed by atoms with Crippen molar-refractivity contribution in [2.45, 2.75) is 38.3 Å². The Labute approximate surface area is 298 Å². The van der Waals surface area contributed by atoms with Crippen molar-refractivity contribution in [1.82, 2.24) is 29.1 Å². The lowest BCUT2D eigenvalue weighted by molar-refractivity contribution is -0.190. The van der Waals surface area contributed by atoms with E-state index in [4.69, 9.17) is 37.4 Å². The molecule has 0 amide bonds. The van der Waals surface area contributed by atoms with E-state index in [1.54, 1.807) is 36.1 Å². The first-order valence-electron chi connectivity index (χ1n) is 16.3. The number of nitrogens with zero attached hydrogens (tertiary/aromatic N) is 8. The van der Waals surface area contributed by atoms with Gasteiger partial charge in [0.1, 0.15) is 50.0 Å². The third-order valence-corrected chi connectivity index (χ3v) is 9.64. The number of hydrogen-bond donors (Lipinski definition) is 0. The molecule has 5 aromatic rings. The summed E-state index contributed by atoms with van der Waals surface area (Å²) in [7, 11) is 0. The molecule has 0 unspecified atom stereocenters. The lowest BCUT2D eigenvalue weighted by atomic mass is 10.1. The van der Waals surface area contributed by atoms with Crippen LogP contribution in [0, 0.1) is 0 Å². The summed E-state index contributed by atoms with van der Waals surface area (Å²) >= 11 is 12.7. The number of aromatic nitrogens is 6. The van der Waals surface area contributed by atoms with Gasteiger partial charge >= 0.3 is 5.69 Å². The Morgan fingerprint density at radius 3 is 2.22 bits per heavy atom. The van der Waals surface area contributed by atoms with Crippen molar-refractivity contribution >= 4 is 40.4 Å². The molecule has 0 saturated carbocycles. The fourth-order valence-electron chi connectivity index (χ4n) is 6.20. The molecule has 0 bridgehead atoms. The van der Waals surface area contributed by atoms with Crippen molar-refractivity contribution < 1.29 is 19.0 Å². The van der Waals surface area contributed by atoms with Gasteiger partial charge in [-0.3, -0.25) is 4.79 Å². The molecule has 2 aliphatic rings. The summed E-state index contributed by atoms with van der Waals surface area (Å²) < 4.78 is 23.1. The number of piperazine rings is 1. The minimum atomic E-state index is -1.17. The Balaban J connectivity index is 0.925. The first-order valence-corrected chi connectivity index (χ1v) is 17.0. The second-order valence-electron chi connectivity index (χ2n) is 12.3. The molecule has 2 aromatic heterocycles. The maximum atomic E-state index is 12.8. The minimum Gasteiger partial charge on any atom is -0.491 e. The summed E-state index contributed by atoms with van der Waals surface area (Å²) in [5, 5.41) is 9.31. The molecule has 15 heteroatoms. The largest absolute Gasteiger partial charge is 0.491 e. The average molecular weight is 720 g/mol. The fraction of sp³-hybridized carbons (Fsp3) is 0.343. The number of ether oxygens (including phenoxy) is 3. The van der Waals surface area contributed by atoms with Gasteiger partial charge in [0.05, 0.1) is 17.3 Å². The van der Waals surface area contributed by atoms with Crippen LogP contribution in [0.5, 0.6) is 5.75 Å². The maximum absolute atomic E-state index is 12.8. The Hall–Kier alpha value is -4.69. The van der Waals surface area contributed by atoms with Crippen molar-refractivity contribution in [3.05, 3.63) is 112 Å². The molecular weight excluding hydrogens is 683 g/mol. The Morgan fingerprint density at radius 1 is 0.940 bits per heavy atom. The Kier molecular flexibility index (Phi) is 9.65. The van der Waals surface area contributed by atoms with E-state index in [2.05, 4.69) is 37.1 Å². The van der Waals surface area contributed by atoms with E-state index in [-0.39, 0.29) is 30.7 Å². The average Bonchev–Trinajstić information content (AvgIpc) is 3.88. The number of carbonyl (C=O) groups is 1. The molecule has 260 valence electrons. The molecule has 0 radical (unpaired) electrons. The summed E-state index contributed by atoms with van der Waals surface area (Å²) in [5.74, 6) is -0.558. The van der Waals surface area contributed by atoms with E-state index in [1.165, 1.54) is 28.8 Å². The van der Waals surface area contributed by atoms with Gasteiger partial charge in [-0.25, -0.2) is 23.7 Å². The third kappa shape index (κ3) is 6.99. The molecule has 3 atom stereocenters. The van der Waals surface area contributed by atoms with Crippen LogP contribution >= 0.6 is 23.2 Å². The van der Waals surface area contributed by atoms with Gasteiger partial charge in [0, 0.05) is 48.1 Å². The number of hydrogen-bond acceptors (Lipinski definition) is 10. The molecule has 3 aromatic carbocycles. The van der Waals surface area contributed by atoms with Crippen LogP contribution in [0.2, 0.25) is 10.0 Å². The Bertz CT molecular complexity index is 1990. The fourth-order valence-corrected chi connectivity index (χ4v) is 6.76. The molecule has 0 spiro atoms. The minimum absolute atomic E-state index is 0.119. The summed E-state index contributed by atoms with van der Waals surface area (Å²) in [4.78, 5) is 33.2. The standard InChI is InChI=1S/C35H36Cl2N8O5/c1-24(25(2)46)45-34(47)44(23-40-45)29-6-4-27(5-7-29)41-13-15-42(16-14-41)28-8-10-30(11-9-28)48-18-31-19-49-35(50-31,20-43-22-38-21-39-43)32-12-3-26(36)17-33(32)37/h3-12,17,21-24,31H,13-16,18-20H2,1-2H3/t24-,31+,35+/m1/s1. The predicted octanol–water partition coefficient (Wildman–Crippen LogP) is 4.76. The van der Waals surface area contributed by atoms with Crippen molar-refractivity contribution in [2.24, 2.45) is 0 Å². The van der Waals surface area contributed by atoms with Crippen molar-refractivity contribution in [3.8, 4) is 11.4 Å². The normalized spacial score (nSPS) is 19.9. The number of carbonyl (C=O) groups excluding carboxylic acids is 1. The highest BCUT2D eigenvalue weighted by atomic mass is 35.5. The van der Waals surface area contributed by atoms with E-state index in [0.29, 0.717) is 27.9 Å². The molecule has 7 rings (SSSR count). The summed E-state index contributed by atoms with van der Waals surface area (Å²) in [6.07, 6.45) is 4.17. The molecule has 50 heavy (non-hydrogen) atoms. The lowest BCUT2D eigenvalue weighted by Gasteiger charge is -2.37. The van der Waals surface area contributed by atoms with Crippen LogP contribution in [0.4, 0.5) is 11.4 Å². The number of Topliss-reactive ketones (excluding diaryl/α,β-unsaturated/α-hetero) is 1. The molecular formula is C35H36Cl2N8O5. The van der Waals surface area contributed by atoms with Gasteiger partial charge in [-0.2, -0.15) is 10.2 Å². The zero-order valence-corrected chi connectivity index (χ0v) is 29.1. The van der Waals surface area contributed by atoms with Crippen molar-refractivity contribution in [3.63, 3.8) is 0 Å². The summed E-state index contributed by atoms with van der Waals surface area (Å²) in [5.41, 5.74) is 3.22. The molecule has 13 nitrogen and oxygen atoms in total. The SMILES string of the molecule is CC(=O)[C@@H](C)n1ncn(-c2ccc(N3CCN(c4ccc(OC[C@H]5CO[C@](Cn6cncn6)(c6ccc(Cl)cc6Cl)O5)cc4)CC3)cc2)c1=O. The second-order valence-corrected chi connectivity index (χ2v) is 13.2. The molecule has 2 saturated heterocycles. The van der Waals surface area contributed by atoms with E-state index in [1.807, 2.05) is 36.4 Å². The quantitative estimate of drug-likeness (QED) is 0.189. The zero-order valence-electron chi connectivity index (χ0n) is 27.6. The van der Waals surface area contributed by atoms with Crippen LogP contribution in [-0.4, -0.2) is 80.4 Å². The number of benzene rings is 3. The zero-order chi connectivity index (χ0) is 34.8. The van der Waals surface area contributed by atoms with Gasteiger partial charge in [-0.15, -0.1) is 0 Å². The number of ketones is 1. The van der Waals surface area contributed by atoms with Crippen LogP contribution in [0.3, 0.4) is 0 Å². The smallest absolute Gasteiger partial charge is 0.351 e. The highest BCUT2D eigenvalue weighted by Gasteiger charge is 2.45. The van der Waals surface area contributed by atoms with Crippen LogP contribution in [0.25, 0.3) is 5.69 Å². The summed E-state index contributed by atoms with van der Waals surface area (Å²) in [6.45, 7) is 7.37. The van der Waals surface area contributed by atoms with Crippen LogP contribution in [-0.2, 0) is 26.6 Å². The molecule has 2 aliphatic heterocycles. The van der Waals surface area contributed by atoms with Crippen molar-refractivity contribution in [1.29, 1.82) is 0 Å². The Morgan fingerprint density at radius 2 is 1.60 bits per heavy atom. The van der Waals surface area contributed by atoms with Gasteiger partial charge in [0.15, 0.2) is 5.78 Å². The van der Waals surface area contributed by atoms with E-state index >= 15 is 0 Å². The monoisotopic (exact) mass is 718 g/mol. The lowest BCUT2D eigenvalue weighted by Crippen LogP contribution is -2.46. The number of rotatable bonds is 11. The first-order chi connectivity index (χ1) is 24.2. The molecule has 2 fully saturated rings. The van der Waals surface area contributed by atoms with Crippen LogP contribution in [0.1, 0.15) is 25.5 Å². The van der Waals surface area contributed by atoms with Gasteiger partial charge in [-0.1, -0.05) is 29.3 Å². The van der Waals surface area contributed by atoms with Gasteiger partial charge in [-0.05, 0) is 74.5 Å². The second kappa shape index (κ2) is 14.3. The predicted molar refractivity (Wildman–Crippen MR) is 189 cm³/mol. The summed E-state index contributed by atoms with van der Waals surface area (Å²) in [6, 6.07) is 20.5. The van der Waals surface area contributed by atoms with Crippen LogP contribution < -0.4 is 20.2 Å². The third-order valence-electron chi connectivity index (χ3n) is 9.10.